The lowest BCUT2D eigenvalue weighted by Gasteiger charge is -2.13. The normalized spacial score (nSPS) is 10.2. The molecule has 0 unspecified atom stereocenters. The molecule has 2 rings (SSSR count). The van der Waals surface area contributed by atoms with Gasteiger partial charge < -0.3 is 20.5 Å². The minimum Gasteiger partial charge on any atom is -0.493 e. The van der Waals surface area contributed by atoms with Crippen LogP contribution in [0.5, 0.6) is 11.5 Å². The van der Waals surface area contributed by atoms with E-state index in [1.54, 1.807) is 19.2 Å². The third-order valence-electron chi connectivity index (χ3n) is 2.87. The van der Waals surface area contributed by atoms with Gasteiger partial charge in [0.2, 0.25) is 0 Å². The molecule has 0 aliphatic heterocycles. The second-order valence-corrected chi connectivity index (χ2v) is 4.18. The Labute approximate surface area is 116 Å². The van der Waals surface area contributed by atoms with E-state index in [1.807, 2.05) is 6.92 Å². The maximum Gasteiger partial charge on any atom is 0.275 e. The molecule has 4 N–H and O–H groups in total. The summed E-state index contributed by atoms with van der Waals surface area (Å²) in [7, 11) is 3.09. The molecule has 0 spiro atoms. The molecule has 0 saturated carbocycles. The third-order valence-corrected chi connectivity index (χ3v) is 2.87. The summed E-state index contributed by atoms with van der Waals surface area (Å²) in [5.74, 6) is 0.769. The molecule has 7 heteroatoms. The maximum absolute atomic E-state index is 12.1. The van der Waals surface area contributed by atoms with Crippen LogP contribution in [0, 0.1) is 6.92 Å². The molecule has 106 valence electrons. The van der Waals surface area contributed by atoms with E-state index in [2.05, 4.69) is 15.5 Å². The molecule has 1 aromatic heterocycles. The van der Waals surface area contributed by atoms with Crippen LogP contribution in [0.1, 0.15) is 16.1 Å². The first-order valence-corrected chi connectivity index (χ1v) is 5.89. The monoisotopic (exact) mass is 276 g/mol. The average molecular weight is 276 g/mol. The van der Waals surface area contributed by atoms with Crippen molar-refractivity contribution in [2.75, 3.05) is 25.3 Å². The van der Waals surface area contributed by atoms with E-state index in [0.29, 0.717) is 22.9 Å². The van der Waals surface area contributed by atoms with Crippen LogP contribution in [-0.2, 0) is 0 Å². The molecule has 0 bridgehead atoms. The van der Waals surface area contributed by atoms with Crippen molar-refractivity contribution in [2.24, 2.45) is 0 Å². The van der Waals surface area contributed by atoms with Gasteiger partial charge in [0.25, 0.3) is 5.91 Å². The van der Waals surface area contributed by atoms with E-state index in [0.717, 1.165) is 5.56 Å². The highest BCUT2D eigenvalue weighted by Gasteiger charge is 2.15. The Bertz CT molecular complexity index is 637. The number of amides is 1. The lowest BCUT2D eigenvalue weighted by Crippen LogP contribution is -2.15. The number of hydrogen-bond acceptors (Lipinski definition) is 5. The highest BCUT2D eigenvalue weighted by atomic mass is 16.5. The number of aryl methyl sites for hydroxylation is 1. The van der Waals surface area contributed by atoms with E-state index in [-0.39, 0.29) is 11.6 Å². The number of nitrogens with two attached hydrogens (primary N) is 1. The molecule has 1 heterocycles. The number of aromatic amines is 1. The fourth-order valence-electron chi connectivity index (χ4n) is 1.78. The number of carbonyl (C=O) groups is 1. The summed E-state index contributed by atoms with van der Waals surface area (Å²) in [4.78, 5) is 12.1. The van der Waals surface area contributed by atoms with Crippen molar-refractivity contribution in [1.29, 1.82) is 0 Å². The van der Waals surface area contributed by atoms with Crippen LogP contribution in [0.4, 0.5) is 11.4 Å². The van der Waals surface area contributed by atoms with Gasteiger partial charge in [-0.25, -0.2) is 0 Å². The van der Waals surface area contributed by atoms with Crippen LogP contribution in [-0.4, -0.2) is 30.3 Å². The van der Waals surface area contributed by atoms with E-state index in [4.69, 9.17) is 15.2 Å². The lowest BCUT2D eigenvalue weighted by molar-refractivity contribution is 0.102. The second-order valence-electron chi connectivity index (χ2n) is 4.18. The molecule has 0 aliphatic rings. The van der Waals surface area contributed by atoms with Crippen LogP contribution in [0.3, 0.4) is 0 Å². The zero-order valence-corrected chi connectivity index (χ0v) is 11.5. The highest BCUT2D eigenvalue weighted by molar-refractivity contribution is 6.06. The maximum atomic E-state index is 12.1. The molecule has 7 nitrogen and oxygen atoms in total. The second kappa shape index (κ2) is 5.52. The Hall–Kier alpha value is -2.70. The first-order chi connectivity index (χ1) is 9.56. The van der Waals surface area contributed by atoms with Crippen molar-refractivity contribution < 1.29 is 14.3 Å². The van der Waals surface area contributed by atoms with Gasteiger partial charge in [0.15, 0.2) is 11.5 Å². The first-order valence-electron chi connectivity index (χ1n) is 5.89. The van der Waals surface area contributed by atoms with Crippen LogP contribution >= 0.6 is 0 Å². The zero-order valence-electron chi connectivity index (χ0n) is 11.5. The Morgan fingerprint density at radius 3 is 2.50 bits per heavy atom. The number of H-pyrrole nitrogens is 1. The van der Waals surface area contributed by atoms with E-state index < -0.39 is 0 Å². The Kier molecular flexibility index (Phi) is 3.79. The van der Waals surface area contributed by atoms with Gasteiger partial charge in [0.1, 0.15) is 5.69 Å². The summed E-state index contributed by atoms with van der Waals surface area (Å²) in [6.45, 7) is 1.86. The number of ether oxygens (including phenoxy) is 2. The molecule has 0 radical (unpaired) electrons. The van der Waals surface area contributed by atoms with Crippen molar-refractivity contribution in [2.45, 2.75) is 6.92 Å². The summed E-state index contributed by atoms with van der Waals surface area (Å²) in [6.07, 6.45) is 1.39. The Morgan fingerprint density at radius 2 is 1.95 bits per heavy atom. The number of rotatable bonds is 4. The van der Waals surface area contributed by atoms with Crippen LogP contribution in [0.25, 0.3) is 0 Å². The van der Waals surface area contributed by atoms with Crippen LogP contribution < -0.4 is 20.5 Å². The standard InChI is InChI=1S/C13H16N4O3/c1-7-4-10(19-2)11(20-3)5-9(7)16-13(18)12-8(14)6-15-17-12/h4-6H,14H2,1-3H3,(H,15,17)(H,16,18). The predicted molar refractivity (Wildman–Crippen MR) is 75.2 cm³/mol. The van der Waals surface area contributed by atoms with Gasteiger partial charge in [0, 0.05) is 11.8 Å². The summed E-state index contributed by atoms with van der Waals surface area (Å²) < 4.78 is 10.4. The fourth-order valence-corrected chi connectivity index (χ4v) is 1.78. The first kappa shape index (κ1) is 13.7. The molecule has 0 atom stereocenters. The average Bonchev–Trinajstić information content (AvgIpc) is 2.86. The largest absolute Gasteiger partial charge is 0.493 e. The summed E-state index contributed by atoms with van der Waals surface area (Å²) in [6, 6.07) is 3.48. The molecule has 20 heavy (non-hydrogen) atoms. The van der Waals surface area contributed by atoms with Gasteiger partial charge in [-0.2, -0.15) is 5.10 Å². The van der Waals surface area contributed by atoms with Crippen LogP contribution in [0.15, 0.2) is 18.3 Å². The number of methoxy groups -OCH3 is 2. The van der Waals surface area contributed by atoms with Gasteiger partial charge in [-0.15, -0.1) is 0 Å². The Balaban J connectivity index is 2.30. The summed E-state index contributed by atoms with van der Waals surface area (Å²) >= 11 is 0. The number of nitrogens with zero attached hydrogens (tertiary/aromatic N) is 1. The molecule has 1 aromatic carbocycles. The zero-order chi connectivity index (χ0) is 14.7. The Morgan fingerprint density at radius 1 is 1.30 bits per heavy atom. The van der Waals surface area contributed by atoms with Crippen molar-refractivity contribution in [1.82, 2.24) is 10.2 Å². The molecular weight excluding hydrogens is 260 g/mol. The number of benzene rings is 1. The van der Waals surface area contributed by atoms with Crippen molar-refractivity contribution in [3.8, 4) is 11.5 Å². The number of aromatic nitrogens is 2. The molecular formula is C13H16N4O3. The quantitative estimate of drug-likeness (QED) is 0.786. The SMILES string of the molecule is COc1cc(C)c(NC(=O)c2[nH]ncc2N)cc1OC. The highest BCUT2D eigenvalue weighted by Crippen LogP contribution is 2.33. The molecule has 1 amide bonds. The number of nitrogen functional groups attached to an aromatic ring is 1. The van der Waals surface area contributed by atoms with Gasteiger partial charge in [-0.3, -0.25) is 9.89 Å². The molecule has 0 aliphatic carbocycles. The summed E-state index contributed by atoms with van der Waals surface area (Å²) in [5.41, 5.74) is 7.60. The predicted octanol–water partition coefficient (Wildman–Crippen LogP) is 1.57. The fraction of sp³-hybridized carbons (Fsp3) is 0.231. The molecule has 0 fully saturated rings. The number of nitrogens with one attached hydrogen (secondary N) is 2. The lowest BCUT2D eigenvalue weighted by atomic mass is 10.1. The minimum atomic E-state index is -0.365. The van der Waals surface area contributed by atoms with Gasteiger partial charge in [0.05, 0.1) is 26.1 Å². The number of carbonyl (C=O) groups excluding carboxylic acids is 1. The number of anilines is 2. The van der Waals surface area contributed by atoms with Crippen molar-refractivity contribution in [3.05, 3.63) is 29.6 Å². The van der Waals surface area contributed by atoms with Crippen molar-refractivity contribution in [3.63, 3.8) is 0 Å². The molecule has 0 saturated heterocycles. The van der Waals surface area contributed by atoms with Crippen LogP contribution in [0.2, 0.25) is 0 Å². The van der Waals surface area contributed by atoms with E-state index >= 15 is 0 Å². The van der Waals surface area contributed by atoms with E-state index in [1.165, 1.54) is 13.3 Å². The van der Waals surface area contributed by atoms with Crippen molar-refractivity contribution >= 4 is 17.3 Å². The minimum absolute atomic E-state index is 0.221. The van der Waals surface area contributed by atoms with Gasteiger partial charge in [-0.1, -0.05) is 0 Å². The third kappa shape index (κ3) is 2.51. The molecule has 2 aromatic rings. The topological polar surface area (TPSA) is 102 Å². The van der Waals surface area contributed by atoms with Gasteiger partial charge >= 0.3 is 0 Å². The summed E-state index contributed by atoms with van der Waals surface area (Å²) in [5, 5.41) is 9.02. The van der Waals surface area contributed by atoms with E-state index in [9.17, 15) is 4.79 Å². The van der Waals surface area contributed by atoms with Gasteiger partial charge in [-0.05, 0) is 18.6 Å². The number of hydrogen-bond donors (Lipinski definition) is 3. The smallest absolute Gasteiger partial charge is 0.275 e.